The molecule has 2 amide bonds. The number of rotatable bonds is 3. The molecule has 1 heterocycles. The SMILES string of the molecule is COc1ccc(C(=O)NC(=S)NNC(=O)c2ccco2)cc1. The lowest BCUT2D eigenvalue weighted by Gasteiger charge is -2.10. The van der Waals surface area contributed by atoms with Gasteiger partial charge in [-0.15, -0.1) is 0 Å². The lowest BCUT2D eigenvalue weighted by atomic mass is 10.2. The number of hydrogen-bond donors (Lipinski definition) is 3. The lowest BCUT2D eigenvalue weighted by molar-refractivity contribution is 0.0910. The van der Waals surface area contributed by atoms with E-state index in [1.807, 2.05) is 0 Å². The van der Waals surface area contributed by atoms with E-state index in [9.17, 15) is 9.59 Å². The molecule has 3 N–H and O–H groups in total. The van der Waals surface area contributed by atoms with Crippen LogP contribution in [0.2, 0.25) is 0 Å². The van der Waals surface area contributed by atoms with Crippen molar-refractivity contribution in [1.82, 2.24) is 16.2 Å². The summed E-state index contributed by atoms with van der Waals surface area (Å²) in [5, 5.41) is 2.39. The van der Waals surface area contributed by atoms with Gasteiger partial charge in [-0.25, -0.2) is 0 Å². The van der Waals surface area contributed by atoms with Crippen molar-refractivity contribution in [2.75, 3.05) is 7.11 Å². The fourth-order valence-corrected chi connectivity index (χ4v) is 1.68. The predicted octanol–water partition coefficient (Wildman–Crippen LogP) is 1.24. The lowest BCUT2D eigenvalue weighted by Crippen LogP contribution is -2.48. The van der Waals surface area contributed by atoms with Gasteiger partial charge in [0, 0.05) is 5.56 Å². The van der Waals surface area contributed by atoms with Gasteiger partial charge in [0.25, 0.3) is 5.91 Å². The first-order valence-corrected chi connectivity index (χ1v) is 6.60. The molecule has 0 aliphatic carbocycles. The molecule has 0 unspecified atom stereocenters. The van der Waals surface area contributed by atoms with E-state index in [0.717, 1.165) is 0 Å². The highest BCUT2D eigenvalue weighted by atomic mass is 32.1. The van der Waals surface area contributed by atoms with Crippen LogP contribution in [0.15, 0.2) is 47.1 Å². The molecule has 22 heavy (non-hydrogen) atoms. The Labute approximate surface area is 131 Å². The van der Waals surface area contributed by atoms with Gasteiger partial charge in [0.05, 0.1) is 13.4 Å². The van der Waals surface area contributed by atoms with E-state index >= 15 is 0 Å². The van der Waals surface area contributed by atoms with E-state index in [2.05, 4.69) is 16.2 Å². The van der Waals surface area contributed by atoms with Crippen molar-refractivity contribution in [3.8, 4) is 5.75 Å². The first kappa shape index (κ1) is 15.5. The number of amides is 2. The molecule has 0 spiro atoms. The van der Waals surface area contributed by atoms with Gasteiger partial charge in [0.15, 0.2) is 10.9 Å². The normalized spacial score (nSPS) is 9.68. The van der Waals surface area contributed by atoms with E-state index in [4.69, 9.17) is 21.4 Å². The number of hydrazine groups is 1. The van der Waals surface area contributed by atoms with E-state index in [1.54, 1.807) is 30.3 Å². The molecule has 7 nitrogen and oxygen atoms in total. The molecule has 1 aromatic carbocycles. The fourth-order valence-electron chi connectivity index (χ4n) is 1.53. The van der Waals surface area contributed by atoms with Gasteiger partial charge in [-0.1, -0.05) is 0 Å². The molecule has 0 radical (unpaired) electrons. The molecule has 8 heteroatoms. The smallest absolute Gasteiger partial charge is 0.305 e. The van der Waals surface area contributed by atoms with Crippen LogP contribution in [-0.4, -0.2) is 24.0 Å². The van der Waals surface area contributed by atoms with Crippen LogP contribution in [0, 0.1) is 0 Å². The van der Waals surface area contributed by atoms with E-state index in [0.29, 0.717) is 11.3 Å². The number of carbonyl (C=O) groups is 2. The van der Waals surface area contributed by atoms with Gasteiger partial charge in [0.2, 0.25) is 0 Å². The number of benzene rings is 1. The minimum atomic E-state index is -0.508. The van der Waals surface area contributed by atoms with Crippen LogP contribution in [0.4, 0.5) is 0 Å². The monoisotopic (exact) mass is 319 g/mol. The summed E-state index contributed by atoms with van der Waals surface area (Å²) in [5.74, 6) is -0.154. The third-order valence-electron chi connectivity index (χ3n) is 2.61. The van der Waals surface area contributed by atoms with Crippen molar-refractivity contribution in [1.29, 1.82) is 0 Å². The zero-order chi connectivity index (χ0) is 15.9. The summed E-state index contributed by atoms with van der Waals surface area (Å²) >= 11 is 4.91. The summed E-state index contributed by atoms with van der Waals surface area (Å²) in [6.07, 6.45) is 1.37. The Hall–Kier alpha value is -2.87. The summed E-state index contributed by atoms with van der Waals surface area (Å²) in [6.45, 7) is 0. The second-order valence-corrected chi connectivity index (χ2v) is 4.48. The molecule has 0 bridgehead atoms. The van der Waals surface area contributed by atoms with Gasteiger partial charge in [-0.05, 0) is 48.6 Å². The molecule has 0 aliphatic heterocycles. The van der Waals surface area contributed by atoms with Crippen LogP contribution in [-0.2, 0) is 0 Å². The summed E-state index contributed by atoms with van der Waals surface area (Å²) in [7, 11) is 1.54. The fraction of sp³-hybridized carbons (Fsp3) is 0.0714. The average molecular weight is 319 g/mol. The molecule has 1 aromatic heterocycles. The number of methoxy groups -OCH3 is 1. The van der Waals surface area contributed by atoms with Gasteiger partial charge < -0.3 is 9.15 Å². The van der Waals surface area contributed by atoms with Crippen LogP contribution in [0.25, 0.3) is 0 Å². The maximum Gasteiger partial charge on any atom is 0.305 e. The van der Waals surface area contributed by atoms with E-state index in [-0.39, 0.29) is 10.9 Å². The minimum Gasteiger partial charge on any atom is -0.497 e. The Bertz CT molecular complexity index is 668. The Morgan fingerprint density at radius 2 is 1.82 bits per heavy atom. The maximum absolute atomic E-state index is 11.9. The van der Waals surface area contributed by atoms with Crippen LogP contribution in [0.5, 0.6) is 5.75 Å². The topological polar surface area (TPSA) is 92.6 Å². The molecule has 2 rings (SSSR count). The zero-order valence-corrected chi connectivity index (χ0v) is 12.4. The van der Waals surface area contributed by atoms with Gasteiger partial charge in [0.1, 0.15) is 5.75 Å². The highest BCUT2D eigenvalue weighted by Crippen LogP contribution is 2.10. The predicted molar refractivity (Wildman–Crippen MR) is 82.4 cm³/mol. The number of hydrogen-bond acceptors (Lipinski definition) is 5. The van der Waals surface area contributed by atoms with Crippen molar-refractivity contribution in [3.05, 3.63) is 54.0 Å². The van der Waals surface area contributed by atoms with Crippen LogP contribution in [0.3, 0.4) is 0 Å². The minimum absolute atomic E-state index is 0.0410. The molecular weight excluding hydrogens is 306 g/mol. The third kappa shape index (κ3) is 4.06. The number of furan rings is 1. The van der Waals surface area contributed by atoms with Crippen LogP contribution >= 0.6 is 12.2 Å². The summed E-state index contributed by atoms with van der Waals surface area (Å²) in [6, 6.07) is 9.58. The Balaban J connectivity index is 1.83. The Morgan fingerprint density at radius 1 is 1.09 bits per heavy atom. The molecule has 114 valence electrons. The maximum atomic E-state index is 11.9. The van der Waals surface area contributed by atoms with Gasteiger partial charge in [-0.3, -0.25) is 25.8 Å². The molecule has 0 atom stereocenters. The van der Waals surface area contributed by atoms with Crippen molar-refractivity contribution >= 4 is 29.1 Å². The van der Waals surface area contributed by atoms with E-state index < -0.39 is 11.8 Å². The highest BCUT2D eigenvalue weighted by Gasteiger charge is 2.10. The number of nitrogens with one attached hydrogen (secondary N) is 3. The van der Waals surface area contributed by atoms with Crippen molar-refractivity contribution in [2.45, 2.75) is 0 Å². The number of thiocarbonyl (C=S) groups is 1. The first-order valence-electron chi connectivity index (χ1n) is 6.19. The van der Waals surface area contributed by atoms with Gasteiger partial charge in [-0.2, -0.15) is 0 Å². The molecule has 0 saturated carbocycles. The van der Waals surface area contributed by atoms with Crippen molar-refractivity contribution < 1.29 is 18.7 Å². The van der Waals surface area contributed by atoms with Crippen LogP contribution < -0.4 is 20.9 Å². The van der Waals surface area contributed by atoms with Crippen LogP contribution in [0.1, 0.15) is 20.9 Å². The zero-order valence-electron chi connectivity index (χ0n) is 11.6. The molecular formula is C14H13N3O4S. The second kappa shape index (κ2) is 7.23. The highest BCUT2D eigenvalue weighted by molar-refractivity contribution is 7.80. The van der Waals surface area contributed by atoms with Crippen molar-refractivity contribution in [2.24, 2.45) is 0 Å². The standard InChI is InChI=1S/C14H13N3O4S/c1-20-10-6-4-9(5-7-10)12(18)15-14(22)17-16-13(19)11-3-2-8-21-11/h2-8H,1H3,(H,16,19)(H2,15,17,18,22). The number of ether oxygens (including phenoxy) is 1. The summed E-state index contributed by atoms with van der Waals surface area (Å²) < 4.78 is 9.91. The second-order valence-electron chi connectivity index (χ2n) is 4.07. The van der Waals surface area contributed by atoms with Crippen molar-refractivity contribution in [3.63, 3.8) is 0 Å². The quantitative estimate of drug-likeness (QED) is 0.582. The average Bonchev–Trinajstić information content (AvgIpc) is 3.07. The summed E-state index contributed by atoms with van der Waals surface area (Å²) in [4.78, 5) is 23.5. The Kier molecular flexibility index (Phi) is 5.10. The first-order chi connectivity index (χ1) is 10.6. The van der Waals surface area contributed by atoms with E-state index in [1.165, 1.54) is 19.4 Å². The largest absolute Gasteiger partial charge is 0.497 e. The molecule has 0 fully saturated rings. The van der Waals surface area contributed by atoms with Gasteiger partial charge >= 0.3 is 5.91 Å². The summed E-state index contributed by atoms with van der Waals surface area (Å²) in [5.41, 5.74) is 5.12. The molecule has 0 saturated heterocycles. The third-order valence-corrected chi connectivity index (χ3v) is 2.82. The molecule has 2 aromatic rings. The Morgan fingerprint density at radius 3 is 2.41 bits per heavy atom. The molecule has 0 aliphatic rings. The number of carbonyl (C=O) groups excluding carboxylic acids is 2.